The number of benzene rings is 3. The number of nitrogens with two attached hydrogens (primary N) is 1. The summed E-state index contributed by atoms with van der Waals surface area (Å²) in [5, 5.41) is 8.30. The summed E-state index contributed by atoms with van der Waals surface area (Å²) in [5.41, 5.74) is 9.39. The number of fused-ring (bicyclic) bond motifs is 3. The number of aromatic amines is 1. The number of hydrogen-bond donors (Lipinski definition) is 2. The SMILES string of the molecule is Nc1cccc2c1C(=O)N(c1cc3c(cc1C=Cc1n[nH]c4ccccc14)OCO3)C2=O. The zero-order valence-corrected chi connectivity index (χ0v) is 16.7. The minimum Gasteiger partial charge on any atom is -0.454 e. The summed E-state index contributed by atoms with van der Waals surface area (Å²) < 4.78 is 11.0. The van der Waals surface area contributed by atoms with Crippen LogP contribution >= 0.6 is 0 Å². The molecule has 0 radical (unpaired) electrons. The standard InChI is InChI=1S/C24H16N4O4/c25-16-6-3-5-15-22(16)24(30)28(23(15)29)19-11-21-20(31-12-32-21)10-13(19)8-9-18-14-4-1-2-7-17(14)26-27-18/h1-11H,12,25H2,(H,26,27). The third kappa shape index (κ3) is 2.59. The Kier molecular flexibility index (Phi) is 3.82. The van der Waals surface area contributed by atoms with E-state index >= 15 is 0 Å². The van der Waals surface area contributed by atoms with Gasteiger partial charge in [-0.25, -0.2) is 4.90 Å². The van der Waals surface area contributed by atoms with Gasteiger partial charge in [-0.2, -0.15) is 5.10 Å². The van der Waals surface area contributed by atoms with E-state index in [1.54, 1.807) is 36.4 Å². The van der Waals surface area contributed by atoms with Gasteiger partial charge in [-0.1, -0.05) is 30.3 Å². The largest absolute Gasteiger partial charge is 0.454 e. The number of aromatic nitrogens is 2. The van der Waals surface area contributed by atoms with Crippen LogP contribution in [0.5, 0.6) is 11.5 Å². The third-order valence-electron chi connectivity index (χ3n) is 5.63. The lowest BCUT2D eigenvalue weighted by Crippen LogP contribution is -2.30. The molecule has 0 bridgehead atoms. The first-order valence-corrected chi connectivity index (χ1v) is 9.94. The van der Waals surface area contributed by atoms with Crippen LogP contribution in [-0.2, 0) is 0 Å². The van der Waals surface area contributed by atoms with Crippen LogP contribution in [0.15, 0.2) is 54.6 Å². The van der Waals surface area contributed by atoms with Crippen LogP contribution in [0.1, 0.15) is 32.0 Å². The highest BCUT2D eigenvalue weighted by atomic mass is 16.7. The van der Waals surface area contributed by atoms with Gasteiger partial charge in [0, 0.05) is 22.7 Å². The van der Waals surface area contributed by atoms with Crippen molar-refractivity contribution in [1.82, 2.24) is 10.2 Å². The van der Waals surface area contributed by atoms with E-state index in [9.17, 15) is 9.59 Å². The minimum absolute atomic E-state index is 0.0704. The Morgan fingerprint density at radius 3 is 2.62 bits per heavy atom. The number of imide groups is 1. The Bertz CT molecular complexity index is 1470. The Morgan fingerprint density at radius 1 is 0.969 bits per heavy atom. The van der Waals surface area contributed by atoms with Crippen molar-refractivity contribution >= 4 is 46.2 Å². The van der Waals surface area contributed by atoms with Crippen LogP contribution in [0.25, 0.3) is 23.1 Å². The van der Waals surface area contributed by atoms with Crippen molar-refractivity contribution in [3.8, 4) is 11.5 Å². The fourth-order valence-corrected chi connectivity index (χ4v) is 4.08. The second-order valence-corrected chi connectivity index (χ2v) is 7.47. The quantitative estimate of drug-likeness (QED) is 0.382. The van der Waals surface area contributed by atoms with Crippen molar-refractivity contribution < 1.29 is 19.1 Å². The zero-order valence-electron chi connectivity index (χ0n) is 16.7. The second-order valence-electron chi connectivity index (χ2n) is 7.47. The molecule has 3 N–H and O–H groups in total. The van der Waals surface area contributed by atoms with E-state index in [2.05, 4.69) is 10.2 Å². The average Bonchev–Trinajstić information content (AvgIpc) is 3.49. The molecule has 8 nitrogen and oxygen atoms in total. The van der Waals surface area contributed by atoms with Gasteiger partial charge in [0.05, 0.1) is 28.0 Å². The molecule has 2 aliphatic heterocycles. The summed E-state index contributed by atoms with van der Waals surface area (Å²) in [6.07, 6.45) is 3.62. The van der Waals surface area contributed by atoms with E-state index in [1.807, 2.05) is 30.3 Å². The molecule has 2 amide bonds. The molecule has 0 atom stereocenters. The predicted molar refractivity (Wildman–Crippen MR) is 120 cm³/mol. The van der Waals surface area contributed by atoms with Gasteiger partial charge in [0.15, 0.2) is 11.5 Å². The van der Waals surface area contributed by atoms with Gasteiger partial charge in [-0.05, 0) is 30.3 Å². The summed E-state index contributed by atoms with van der Waals surface area (Å²) >= 11 is 0. The predicted octanol–water partition coefficient (Wildman–Crippen LogP) is 3.84. The van der Waals surface area contributed by atoms with E-state index in [0.717, 1.165) is 21.5 Å². The number of rotatable bonds is 3. The maximum absolute atomic E-state index is 13.2. The Balaban J connectivity index is 1.48. The number of hydrogen-bond acceptors (Lipinski definition) is 6. The number of para-hydroxylation sites is 1. The van der Waals surface area contributed by atoms with E-state index in [0.29, 0.717) is 22.7 Å². The lowest BCUT2D eigenvalue weighted by atomic mass is 10.1. The summed E-state index contributed by atoms with van der Waals surface area (Å²) in [4.78, 5) is 27.5. The number of nitrogens with zero attached hydrogens (tertiary/aromatic N) is 2. The number of carbonyl (C=O) groups excluding carboxylic acids is 2. The van der Waals surface area contributed by atoms with Gasteiger partial charge >= 0.3 is 0 Å². The van der Waals surface area contributed by atoms with Gasteiger partial charge < -0.3 is 15.2 Å². The molecule has 1 aromatic heterocycles. The molecule has 32 heavy (non-hydrogen) atoms. The monoisotopic (exact) mass is 424 g/mol. The van der Waals surface area contributed by atoms with Crippen LogP contribution in [-0.4, -0.2) is 28.8 Å². The molecule has 0 aliphatic carbocycles. The normalized spacial score (nSPS) is 14.7. The average molecular weight is 424 g/mol. The Labute approximate surface area is 181 Å². The molecule has 0 saturated heterocycles. The Hall–Kier alpha value is -4.59. The topological polar surface area (TPSA) is 111 Å². The molecule has 6 rings (SSSR count). The molecule has 3 aromatic carbocycles. The molecule has 0 spiro atoms. The molecular weight excluding hydrogens is 408 g/mol. The number of anilines is 2. The molecule has 0 saturated carbocycles. The molecule has 8 heteroatoms. The third-order valence-corrected chi connectivity index (χ3v) is 5.63. The number of ether oxygens (including phenoxy) is 2. The molecule has 0 fully saturated rings. The first-order chi connectivity index (χ1) is 15.6. The Morgan fingerprint density at radius 2 is 1.78 bits per heavy atom. The fraction of sp³-hybridized carbons (Fsp3) is 0.0417. The maximum atomic E-state index is 13.2. The number of nitrogens with one attached hydrogen (secondary N) is 1. The first kappa shape index (κ1) is 18.2. The maximum Gasteiger partial charge on any atom is 0.268 e. The first-order valence-electron chi connectivity index (χ1n) is 9.94. The van der Waals surface area contributed by atoms with Crippen LogP contribution < -0.4 is 20.1 Å². The number of carbonyl (C=O) groups is 2. The van der Waals surface area contributed by atoms with Crippen LogP contribution in [0.2, 0.25) is 0 Å². The highest BCUT2D eigenvalue weighted by Crippen LogP contribution is 2.42. The van der Waals surface area contributed by atoms with Gasteiger partial charge in [0.2, 0.25) is 6.79 Å². The van der Waals surface area contributed by atoms with Crippen molar-refractivity contribution in [2.75, 3.05) is 17.4 Å². The van der Waals surface area contributed by atoms with E-state index in [4.69, 9.17) is 15.2 Å². The number of nitrogen functional groups attached to an aromatic ring is 1. The van der Waals surface area contributed by atoms with Gasteiger partial charge in [-0.3, -0.25) is 14.7 Å². The minimum atomic E-state index is -0.471. The van der Waals surface area contributed by atoms with Crippen molar-refractivity contribution in [2.24, 2.45) is 0 Å². The fourth-order valence-electron chi connectivity index (χ4n) is 4.08. The summed E-state index contributed by atoms with van der Waals surface area (Å²) in [5.74, 6) is 0.0983. The van der Waals surface area contributed by atoms with Crippen molar-refractivity contribution in [3.05, 3.63) is 77.0 Å². The van der Waals surface area contributed by atoms with Crippen molar-refractivity contribution in [3.63, 3.8) is 0 Å². The van der Waals surface area contributed by atoms with E-state index in [-0.39, 0.29) is 23.6 Å². The van der Waals surface area contributed by atoms with Crippen LogP contribution in [0, 0.1) is 0 Å². The lowest BCUT2D eigenvalue weighted by molar-refractivity contribution is 0.0926. The summed E-state index contributed by atoms with van der Waals surface area (Å²) in [6.45, 7) is 0.0704. The van der Waals surface area contributed by atoms with Gasteiger partial charge in [-0.15, -0.1) is 0 Å². The lowest BCUT2D eigenvalue weighted by Gasteiger charge is -2.17. The van der Waals surface area contributed by atoms with Crippen LogP contribution in [0.4, 0.5) is 11.4 Å². The highest BCUT2D eigenvalue weighted by molar-refractivity contribution is 6.36. The zero-order chi connectivity index (χ0) is 21.8. The van der Waals surface area contributed by atoms with Gasteiger partial charge in [0.25, 0.3) is 11.8 Å². The molecule has 156 valence electrons. The summed E-state index contributed by atoms with van der Waals surface area (Å²) in [6, 6.07) is 16.0. The molecule has 4 aromatic rings. The van der Waals surface area contributed by atoms with Gasteiger partial charge in [0.1, 0.15) is 0 Å². The van der Waals surface area contributed by atoms with E-state index < -0.39 is 11.8 Å². The summed E-state index contributed by atoms with van der Waals surface area (Å²) in [7, 11) is 0. The number of amides is 2. The molecule has 3 heterocycles. The molecule has 2 aliphatic rings. The molecular formula is C24H16N4O4. The highest BCUT2D eigenvalue weighted by Gasteiger charge is 2.39. The van der Waals surface area contributed by atoms with Crippen LogP contribution in [0.3, 0.4) is 0 Å². The number of H-pyrrole nitrogens is 1. The van der Waals surface area contributed by atoms with E-state index in [1.165, 1.54) is 0 Å². The smallest absolute Gasteiger partial charge is 0.268 e. The van der Waals surface area contributed by atoms with Crippen molar-refractivity contribution in [1.29, 1.82) is 0 Å². The molecule has 0 unspecified atom stereocenters. The van der Waals surface area contributed by atoms with Crippen molar-refractivity contribution in [2.45, 2.75) is 0 Å². The second kappa shape index (κ2) is 6.71.